The van der Waals surface area contributed by atoms with Gasteiger partial charge in [0.15, 0.2) is 0 Å². The first-order chi connectivity index (χ1) is 22.9. The number of hydrogen-bond acceptors (Lipinski definition) is 0. The van der Waals surface area contributed by atoms with Crippen LogP contribution in [-0.2, 0) is 0 Å². The summed E-state index contributed by atoms with van der Waals surface area (Å²) in [5.41, 5.74) is 10.0. The molecular weight excluding hydrogens is 556 g/mol. The number of benzene rings is 8. The van der Waals surface area contributed by atoms with Crippen LogP contribution in [0.2, 0.25) is 0 Å². The highest BCUT2D eigenvalue weighted by Gasteiger charge is 2.25. The van der Waals surface area contributed by atoms with E-state index in [0.29, 0.717) is 0 Å². The van der Waals surface area contributed by atoms with Gasteiger partial charge in [-0.2, -0.15) is 0 Å². The first-order valence-electron chi connectivity index (χ1n) is 16.0. The zero-order valence-corrected chi connectivity index (χ0v) is 24.9. The average Bonchev–Trinajstić information content (AvgIpc) is 3.77. The number of rotatable bonds is 2. The number of nitrogens with zero attached hydrogens (tertiary/aromatic N) is 2. The van der Waals surface area contributed by atoms with E-state index in [1.165, 1.54) is 98.3 Å². The molecule has 0 bridgehead atoms. The van der Waals surface area contributed by atoms with Gasteiger partial charge >= 0.3 is 0 Å². The molecule has 0 amide bonds. The quantitative estimate of drug-likeness (QED) is 0.192. The van der Waals surface area contributed by atoms with E-state index < -0.39 is 0 Å². The van der Waals surface area contributed by atoms with E-state index in [1.54, 1.807) is 0 Å². The van der Waals surface area contributed by atoms with Crippen molar-refractivity contribution in [3.63, 3.8) is 0 Å². The summed E-state index contributed by atoms with van der Waals surface area (Å²) in [6, 6.07) is 58.0. The van der Waals surface area contributed by atoms with E-state index in [-0.39, 0.29) is 0 Å². The fraction of sp³-hybridized carbons (Fsp3) is 0. The zero-order valence-electron chi connectivity index (χ0n) is 24.9. The van der Waals surface area contributed by atoms with Crippen LogP contribution < -0.4 is 0 Å². The molecule has 0 atom stereocenters. The molecule has 0 aliphatic rings. The van der Waals surface area contributed by atoms with Crippen LogP contribution in [0.25, 0.3) is 98.3 Å². The van der Waals surface area contributed by atoms with Crippen LogP contribution in [0.15, 0.2) is 158 Å². The molecule has 0 radical (unpaired) electrons. The molecule has 11 rings (SSSR count). The molecule has 0 aliphatic heterocycles. The molecule has 2 nitrogen and oxygen atoms in total. The van der Waals surface area contributed by atoms with Gasteiger partial charge in [0.25, 0.3) is 0 Å². The lowest BCUT2D eigenvalue weighted by atomic mass is 9.98. The minimum atomic E-state index is 1.17. The van der Waals surface area contributed by atoms with Crippen molar-refractivity contribution in [1.29, 1.82) is 0 Å². The Kier molecular flexibility index (Phi) is 4.61. The van der Waals surface area contributed by atoms with Gasteiger partial charge in [0, 0.05) is 48.8 Å². The first-order valence-corrected chi connectivity index (χ1v) is 16.0. The number of hydrogen-bond donors (Lipinski definition) is 0. The van der Waals surface area contributed by atoms with Crippen molar-refractivity contribution in [2.45, 2.75) is 0 Å². The number of fused-ring (bicyclic) bond motifs is 14. The molecule has 212 valence electrons. The van der Waals surface area contributed by atoms with Gasteiger partial charge in [0.05, 0.1) is 27.6 Å². The molecule has 0 aliphatic carbocycles. The van der Waals surface area contributed by atoms with Gasteiger partial charge in [-0.05, 0) is 46.2 Å². The van der Waals surface area contributed by atoms with Crippen molar-refractivity contribution in [2.75, 3.05) is 0 Å². The van der Waals surface area contributed by atoms with Crippen molar-refractivity contribution < 1.29 is 0 Å². The first kappa shape index (κ1) is 24.2. The molecular formula is C44H26N2. The molecule has 0 saturated carbocycles. The maximum atomic E-state index is 2.53. The lowest BCUT2D eigenvalue weighted by Crippen LogP contribution is -1.95. The van der Waals surface area contributed by atoms with Crippen LogP contribution in [-0.4, -0.2) is 8.97 Å². The van der Waals surface area contributed by atoms with E-state index in [9.17, 15) is 0 Å². The Bertz CT molecular complexity index is 3000. The molecule has 8 aromatic carbocycles. The second-order valence-electron chi connectivity index (χ2n) is 12.5. The van der Waals surface area contributed by atoms with Gasteiger partial charge in [0.1, 0.15) is 0 Å². The lowest BCUT2D eigenvalue weighted by molar-refractivity contribution is 1.19. The van der Waals surface area contributed by atoms with E-state index in [1.807, 2.05) is 0 Å². The smallest absolute Gasteiger partial charge is 0.0627 e. The van der Waals surface area contributed by atoms with Crippen molar-refractivity contribution in [3.8, 4) is 16.8 Å². The SMILES string of the molecule is c1ccc2c(-c3ccc(-n4c5ccccc5c5c6c7cccc8c9ccccc9n(c87)c6c6ccccc6c54)cc3)cccc2c1. The molecule has 3 heterocycles. The summed E-state index contributed by atoms with van der Waals surface area (Å²) in [7, 11) is 0. The maximum Gasteiger partial charge on any atom is 0.0627 e. The Labute approximate surface area is 264 Å². The summed E-state index contributed by atoms with van der Waals surface area (Å²) in [5.74, 6) is 0. The topological polar surface area (TPSA) is 9.34 Å². The Morgan fingerprint density at radius 3 is 1.70 bits per heavy atom. The van der Waals surface area contributed by atoms with Crippen LogP contribution in [0.1, 0.15) is 0 Å². The Balaban J connectivity index is 1.30. The summed E-state index contributed by atoms with van der Waals surface area (Å²) in [6.45, 7) is 0. The Morgan fingerprint density at radius 2 is 0.870 bits per heavy atom. The molecule has 46 heavy (non-hydrogen) atoms. The van der Waals surface area contributed by atoms with Gasteiger partial charge in [-0.25, -0.2) is 0 Å². The zero-order chi connectivity index (χ0) is 29.9. The molecule has 3 aromatic heterocycles. The molecule has 0 fully saturated rings. The summed E-state index contributed by atoms with van der Waals surface area (Å²) >= 11 is 0. The van der Waals surface area contributed by atoms with Crippen LogP contribution in [0.3, 0.4) is 0 Å². The fourth-order valence-electron chi connectivity index (χ4n) is 8.38. The molecule has 11 aromatic rings. The van der Waals surface area contributed by atoms with Crippen molar-refractivity contribution in [1.82, 2.24) is 8.97 Å². The highest BCUT2D eigenvalue weighted by atomic mass is 15.0. The Hall–Kier alpha value is -6.12. The summed E-state index contributed by atoms with van der Waals surface area (Å²) in [6.07, 6.45) is 0. The van der Waals surface area contributed by atoms with E-state index in [0.717, 1.165) is 0 Å². The monoisotopic (exact) mass is 582 g/mol. The normalized spacial score (nSPS) is 12.3. The molecule has 0 saturated heterocycles. The largest absolute Gasteiger partial charge is 0.309 e. The molecule has 0 N–H and O–H groups in total. The summed E-state index contributed by atoms with van der Waals surface area (Å²) in [4.78, 5) is 0. The van der Waals surface area contributed by atoms with Gasteiger partial charge in [0.2, 0.25) is 0 Å². The van der Waals surface area contributed by atoms with E-state index in [4.69, 9.17) is 0 Å². The third-order valence-corrected chi connectivity index (χ3v) is 10.2. The van der Waals surface area contributed by atoms with Gasteiger partial charge in [-0.3, -0.25) is 0 Å². The highest BCUT2D eigenvalue weighted by molar-refractivity contribution is 6.39. The minimum Gasteiger partial charge on any atom is -0.309 e. The van der Waals surface area contributed by atoms with Crippen LogP contribution in [0.4, 0.5) is 0 Å². The third-order valence-electron chi connectivity index (χ3n) is 10.2. The predicted molar refractivity (Wildman–Crippen MR) is 196 cm³/mol. The fourth-order valence-corrected chi connectivity index (χ4v) is 8.38. The van der Waals surface area contributed by atoms with Crippen LogP contribution in [0, 0.1) is 0 Å². The van der Waals surface area contributed by atoms with E-state index in [2.05, 4.69) is 167 Å². The van der Waals surface area contributed by atoms with Crippen LogP contribution >= 0.6 is 0 Å². The Morgan fingerprint density at radius 1 is 0.326 bits per heavy atom. The molecule has 0 spiro atoms. The highest BCUT2D eigenvalue weighted by Crippen LogP contribution is 2.48. The second-order valence-corrected chi connectivity index (χ2v) is 12.5. The maximum absolute atomic E-state index is 2.53. The number of para-hydroxylation sites is 3. The van der Waals surface area contributed by atoms with Gasteiger partial charge in [-0.15, -0.1) is 0 Å². The van der Waals surface area contributed by atoms with E-state index >= 15 is 0 Å². The molecule has 2 heteroatoms. The minimum absolute atomic E-state index is 1.17. The summed E-state index contributed by atoms with van der Waals surface area (Å²) < 4.78 is 5.02. The van der Waals surface area contributed by atoms with Gasteiger partial charge in [-0.1, -0.05) is 133 Å². The molecule has 0 unspecified atom stereocenters. The van der Waals surface area contributed by atoms with Gasteiger partial charge < -0.3 is 8.97 Å². The van der Waals surface area contributed by atoms with Crippen LogP contribution in [0.5, 0.6) is 0 Å². The standard InChI is InChI=1S/C44H26N2/c1-2-13-30-27(11-1)12-9-18-31(30)28-23-25-29(26-24-28)45-39-22-8-6-17-36(39)40-41-37-20-10-19-33-32-14-5-7-21-38(32)46(42(33)37)44(41)35-16-4-3-15-34(35)43(40)45/h1-26H. The summed E-state index contributed by atoms with van der Waals surface area (Å²) in [5, 5.41) is 13.0. The third kappa shape index (κ3) is 2.96. The lowest BCUT2D eigenvalue weighted by Gasteiger charge is -2.13. The van der Waals surface area contributed by atoms with Crippen molar-refractivity contribution in [3.05, 3.63) is 158 Å². The average molecular weight is 583 g/mol. The second kappa shape index (κ2) is 8.74. The predicted octanol–water partition coefficient (Wildman–Crippen LogP) is 11.9. The van der Waals surface area contributed by atoms with Crippen molar-refractivity contribution >= 4 is 81.4 Å². The van der Waals surface area contributed by atoms with Crippen molar-refractivity contribution in [2.24, 2.45) is 0 Å². The number of aromatic nitrogens is 2.